The van der Waals surface area contributed by atoms with Gasteiger partial charge in [-0.2, -0.15) is 0 Å². The van der Waals surface area contributed by atoms with Crippen molar-refractivity contribution in [2.45, 2.75) is 12.5 Å². The molecular weight excluding hydrogens is 88.1 g/mol. The van der Waals surface area contributed by atoms with Crippen LogP contribution in [0.25, 0.3) is 0 Å². The van der Waals surface area contributed by atoms with Crippen LogP contribution in [0, 0.1) is 12.3 Å². The van der Waals surface area contributed by atoms with Gasteiger partial charge in [-0.15, -0.1) is 6.42 Å². The van der Waals surface area contributed by atoms with Crippen LogP contribution in [-0.4, -0.2) is 12.6 Å². The van der Waals surface area contributed by atoms with E-state index in [2.05, 4.69) is 16.8 Å². The Hall–Kier alpha value is -0.520. The smallest absolute Gasteiger partial charge is 0.0829 e. The van der Waals surface area contributed by atoms with Gasteiger partial charge in [-0.25, -0.2) is 5.43 Å². The Balaban J connectivity index is 2.31. The molecular formula is C5H8N2. The largest absolute Gasteiger partial charge is 0.257 e. The summed E-state index contributed by atoms with van der Waals surface area (Å²) in [5.41, 5.74) is 5.85. The van der Waals surface area contributed by atoms with Crippen molar-refractivity contribution >= 4 is 0 Å². The van der Waals surface area contributed by atoms with Crippen LogP contribution in [0.4, 0.5) is 0 Å². The van der Waals surface area contributed by atoms with Gasteiger partial charge in [0.25, 0.3) is 0 Å². The Morgan fingerprint density at radius 3 is 2.86 bits per heavy atom. The average molecular weight is 96.1 g/mol. The number of hydrogen-bond donors (Lipinski definition) is 2. The zero-order valence-electron chi connectivity index (χ0n) is 4.07. The van der Waals surface area contributed by atoms with Crippen molar-refractivity contribution in [2.24, 2.45) is 0 Å². The molecule has 7 heavy (non-hydrogen) atoms. The lowest BCUT2D eigenvalue weighted by Gasteiger charge is -1.94. The maximum absolute atomic E-state index is 5.08. The first kappa shape index (κ1) is 4.63. The molecule has 0 saturated carbocycles. The van der Waals surface area contributed by atoms with Gasteiger partial charge in [-0.05, 0) is 6.42 Å². The van der Waals surface area contributed by atoms with Gasteiger partial charge in [0.05, 0.1) is 6.04 Å². The van der Waals surface area contributed by atoms with Gasteiger partial charge in [0, 0.05) is 6.54 Å². The molecule has 2 heteroatoms. The summed E-state index contributed by atoms with van der Waals surface area (Å²) < 4.78 is 0. The van der Waals surface area contributed by atoms with Crippen LogP contribution in [0.3, 0.4) is 0 Å². The lowest BCUT2D eigenvalue weighted by atomic mass is 10.3. The van der Waals surface area contributed by atoms with E-state index in [1.807, 2.05) is 0 Å². The molecule has 1 atom stereocenters. The van der Waals surface area contributed by atoms with Crippen LogP contribution >= 0.6 is 0 Å². The van der Waals surface area contributed by atoms with Gasteiger partial charge in [-0.3, -0.25) is 5.43 Å². The Kier molecular flexibility index (Phi) is 1.30. The highest BCUT2D eigenvalue weighted by Gasteiger charge is 2.07. The minimum Gasteiger partial charge on any atom is -0.257 e. The summed E-state index contributed by atoms with van der Waals surface area (Å²) in [6.45, 7) is 0.995. The van der Waals surface area contributed by atoms with Crippen LogP contribution in [0.5, 0.6) is 0 Å². The molecule has 1 saturated heterocycles. The fraction of sp³-hybridized carbons (Fsp3) is 0.600. The van der Waals surface area contributed by atoms with E-state index in [-0.39, 0.29) is 6.04 Å². The lowest BCUT2D eigenvalue weighted by Crippen LogP contribution is -2.28. The zero-order valence-corrected chi connectivity index (χ0v) is 4.07. The van der Waals surface area contributed by atoms with Crippen LogP contribution in [0.1, 0.15) is 6.42 Å². The molecule has 0 aliphatic carbocycles. The first-order chi connectivity index (χ1) is 3.43. The van der Waals surface area contributed by atoms with E-state index in [1.165, 1.54) is 0 Å². The second-order valence-electron chi connectivity index (χ2n) is 1.58. The van der Waals surface area contributed by atoms with Crippen LogP contribution < -0.4 is 10.9 Å². The first-order valence-electron chi connectivity index (χ1n) is 2.38. The van der Waals surface area contributed by atoms with Crippen molar-refractivity contribution in [2.75, 3.05) is 6.54 Å². The molecule has 2 N–H and O–H groups in total. The molecule has 1 unspecified atom stereocenters. The Morgan fingerprint density at radius 2 is 2.57 bits per heavy atom. The number of terminal acetylenes is 1. The van der Waals surface area contributed by atoms with E-state index in [9.17, 15) is 0 Å². The Labute approximate surface area is 43.3 Å². The predicted molar refractivity (Wildman–Crippen MR) is 28.4 cm³/mol. The molecule has 0 aromatic rings. The number of hydrogen-bond acceptors (Lipinski definition) is 2. The van der Waals surface area contributed by atoms with Crippen molar-refractivity contribution in [3.05, 3.63) is 0 Å². The van der Waals surface area contributed by atoms with E-state index in [4.69, 9.17) is 6.42 Å². The maximum atomic E-state index is 5.08. The average Bonchev–Trinajstić information content (AvgIpc) is 2.14. The minimum absolute atomic E-state index is 0.264. The van der Waals surface area contributed by atoms with Crippen molar-refractivity contribution < 1.29 is 0 Å². The van der Waals surface area contributed by atoms with Crippen molar-refractivity contribution in [3.63, 3.8) is 0 Å². The summed E-state index contributed by atoms with van der Waals surface area (Å²) in [4.78, 5) is 0. The highest BCUT2D eigenvalue weighted by Crippen LogP contribution is 1.90. The quantitative estimate of drug-likeness (QED) is 0.397. The highest BCUT2D eigenvalue weighted by molar-refractivity contribution is 5.00. The van der Waals surface area contributed by atoms with Gasteiger partial charge < -0.3 is 0 Å². The maximum Gasteiger partial charge on any atom is 0.0829 e. The van der Waals surface area contributed by atoms with Gasteiger partial charge >= 0.3 is 0 Å². The molecule has 2 nitrogen and oxygen atoms in total. The zero-order chi connectivity index (χ0) is 5.11. The number of hydrazine groups is 1. The number of nitrogens with one attached hydrogen (secondary N) is 2. The highest BCUT2D eigenvalue weighted by atomic mass is 15.4. The summed E-state index contributed by atoms with van der Waals surface area (Å²) in [5.74, 6) is 2.59. The second kappa shape index (κ2) is 1.97. The fourth-order valence-corrected chi connectivity index (χ4v) is 0.609. The third-order valence-corrected chi connectivity index (χ3v) is 1.04. The molecule has 1 aliphatic heterocycles. The molecule has 1 aliphatic rings. The summed E-state index contributed by atoms with van der Waals surface area (Å²) >= 11 is 0. The van der Waals surface area contributed by atoms with Crippen molar-refractivity contribution in [1.82, 2.24) is 10.9 Å². The normalized spacial score (nSPS) is 29.9. The Morgan fingerprint density at radius 1 is 1.71 bits per heavy atom. The standard InChI is InChI=1S/C5H8N2/c1-2-5-3-4-6-7-5/h1,5-7H,3-4H2. The molecule has 1 rings (SSSR count). The Bertz CT molecular complexity index is 86.7. The molecule has 1 heterocycles. The predicted octanol–water partition coefficient (Wildman–Crippen LogP) is -0.514. The van der Waals surface area contributed by atoms with E-state index in [0.29, 0.717) is 0 Å². The minimum atomic E-state index is 0.264. The molecule has 0 aromatic heterocycles. The van der Waals surface area contributed by atoms with E-state index >= 15 is 0 Å². The van der Waals surface area contributed by atoms with E-state index < -0.39 is 0 Å². The van der Waals surface area contributed by atoms with Crippen LogP contribution in [0.2, 0.25) is 0 Å². The molecule has 0 radical (unpaired) electrons. The van der Waals surface area contributed by atoms with Gasteiger partial charge in [0.15, 0.2) is 0 Å². The topological polar surface area (TPSA) is 24.1 Å². The van der Waals surface area contributed by atoms with Crippen molar-refractivity contribution in [1.29, 1.82) is 0 Å². The SMILES string of the molecule is C#CC1CCNN1. The molecule has 0 spiro atoms. The molecule has 1 fully saturated rings. The van der Waals surface area contributed by atoms with E-state index in [1.54, 1.807) is 0 Å². The summed E-state index contributed by atoms with van der Waals surface area (Å²) in [6.07, 6.45) is 6.13. The summed E-state index contributed by atoms with van der Waals surface area (Å²) in [6, 6.07) is 0.264. The molecule has 0 amide bonds. The molecule has 0 bridgehead atoms. The lowest BCUT2D eigenvalue weighted by molar-refractivity contribution is 0.642. The van der Waals surface area contributed by atoms with Gasteiger partial charge in [0.1, 0.15) is 0 Å². The van der Waals surface area contributed by atoms with Gasteiger partial charge in [-0.1, -0.05) is 5.92 Å². The van der Waals surface area contributed by atoms with Gasteiger partial charge in [0.2, 0.25) is 0 Å². The number of rotatable bonds is 0. The molecule has 38 valence electrons. The third kappa shape index (κ3) is 0.923. The fourth-order valence-electron chi connectivity index (χ4n) is 0.609. The summed E-state index contributed by atoms with van der Waals surface area (Å²) in [5, 5.41) is 0. The first-order valence-corrected chi connectivity index (χ1v) is 2.38. The monoisotopic (exact) mass is 96.1 g/mol. The molecule has 0 aromatic carbocycles. The summed E-state index contributed by atoms with van der Waals surface area (Å²) in [7, 11) is 0. The third-order valence-electron chi connectivity index (χ3n) is 1.04. The van der Waals surface area contributed by atoms with E-state index in [0.717, 1.165) is 13.0 Å². The van der Waals surface area contributed by atoms with Crippen LogP contribution in [0.15, 0.2) is 0 Å². The van der Waals surface area contributed by atoms with Crippen LogP contribution in [-0.2, 0) is 0 Å². The van der Waals surface area contributed by atoms with Crippen molar-refractivity contribution in [3.8, 4) is 12.3 Å². The second-order valence-corrected chi connectivity index (χ2v) is 1.58.